The quantitative estimate of drug-likeness (QED) is 0.179. The molecule has 8 aromatic carbocycles. The Bertz CT molecular complexity index is 2640. The maximum Gasteiger partial charge on any atom is 0.0542 e. The van der Waals surface area contributed by atoms with Gasteiger partial charge in [-0.3, -0.25) is 0 Å². The van der Waals surface area contributed by atoms with E-state index in [-0.39, 0.29) is 5.41 Å². The van der Waals surface area contributed by atoms with Gasteiger partial charge >= 0.3 is 0 Å². The summed E-state index contributed by atoms with van der Waals surface area (Å²) in [6.07, 6.45) is 0. The second-order valence-electron chi connectivity index (χ2n) is 14.6. The number of anilines is 6. The molecular formula is C51H38N2. The third-order valence-electron chi connectivity index (χ3n) is 11.2. The van der Waals surface area contributed by atoms with E-state index in [2.05, 4.69) is 218 Å². The molecule has 2 heteroatoms. The largest absolute Gasteiger partial charge is 0.310 e. The molecule has 0 saturated heterocycles. The van der Waals surface area contributed by atoms with E-state index < -0.39 is 0 Å². The van der Waals surface area contributed by atoms with Crippen molar-refractivity contribution in [1.29, 1.82) is 0 Å². The summed E-state index contributed by atoms with van der Waals surface area (Å²) in [6, 6.07) is 71.0. The van der Waals surface area contributed by atoms with Crippen LogP contribution in [0.2, 0.25) is 0 Å². The highest BCUT2D eigenvalue weighted by Crippen LogP contribution is 2.54. The molecule has 0 atom stereocenters. The average molecular weight is 679 g/mol. The minimum absolute atomic E-state index is 0.112. The van der Waals surface area contributed by atoms with E-state index in [9.17, 15) is 0 Å². The molecule has 0 fully saturated rings. The molecule has 8 aromatic rings. The van der Waals surface area contributed by atoms with Crippen LogP contribution in [0.3, 0.4) is 0 Å². The van der Waals surface area contributed by atoms with E-state index in [0.717, 1.165) is 28.4 Å². The van der Waals surface area contributed by atoms with E-state index in [4.69, 9.17) is 0 Å². The second-order valence-corrected chi connectivity index (χ2v) is 14.6. The molecule has 0 spiro atoms. The van der Waals surface area contributed by atoms with Gasteiger partial charge in [0, 0.05) is 39.3 Å². The van der Waals surface area contributed by atoms with Gasteiger partial charge in [0.25, 0.3) is 0 Å². The van der Waals surface area contributed by atoms with Crippen molar-refractivity contribution in [2.45, 2.75) is 19.3 Å². The topological polar surface area (TPSA) is 6.48 Å². The third-order valence-corrected chi connectivity index (χ3v) is 11.2. The van der Waals surface area contributed by atoms with E-state index in [1.807, 2.05) is 0 Å². The molecule has 1 aliphatic carbocycles. The first-order chi connectivity index (χ1) is 26.1. The highest BCUT2D eigenvalue weighted by Gasteiger charge is 2.36. The Morgan fingerprint density at radius 1 is 0.358 bits per heavy atom. The number of nitrogens with zero attached hydrogens (tertiary/aromatic N) is 2. The van der Waals surface area contributed by atoms with Gasteiger partial charge in [0.1, 0.15) is 0 Å². The summed E-state index contributed by atoms with van der Waals surface area (Å²) in [5.41, 5.74) is 19.4. The fourth-order valence-corrected chi connectivity index (χ4v) is 8.62. The van der Waals surface area contributed by atoms with Crippen LogP contribution in [0.4, 0.5) is 34.1 Å². The van der Waals surface area contributed by atoms with Gasteiger partial charge in [-0.05, 0) is 105 Å². The Labute approximate surface area is 311 Å². The predicted molar refractivity (Wildman–Crippen MR) is 223 cm³/mol. The van der Waals surface area contributed by atoms with Crippen molar-refractivity contribution in [3.63, 3.8) is 0 Å². The monoisotopic (exact) mass is 678 g/mol. The first-order valence-electron chi connectivity index (χ1n) is 18.4. The Morgan fingerprint density at radius 2 is 0.868 bits per heavy atom. The normalized spacial score (nSPS) is 13.2. The number of rotatable bonds is 5. The summed E-state index contributed by atoms with van der Waals surface area (Å²) in [5, 5.41) is 0. The maximum atomic E-state index is 2.43. The Morgan fingerprint density at radius 3 is 1.62 bits per heavy atom. The van der Waals surface area contributed by atoms with Crippen LogP contribution >= 0.6 is 0 Å². The van der Waals surface area contributed by atoms with Crippen LogP contribution < -0.4 is 9.80 Å². The van der Waals surface area contributed by atoms with Crippen molar-refractivity contribution < 1.29 is 0 Å². The molecule has 0 amide bonds. The zero-order chi connectivity index (χ0) is 35.5. The molecule has 1 aliphatic heterocycles. The predicted octanol–water partition coefficient (Wildman–Crippen LogP) is 14.2. The molecule has 53 heavy (non-hydrogen) atoms. The van der Waals surface area contributed by atoms with Crippen LogP contribution in [-0.2, 0) is 5.41 Å². The lowest BCUT2D eigenvalue weighted by Crippen LogP contribution is -2.17. The molecule has 10 rings (SSSR count). The SMILES string of the molecule is CC1(C)c2ccccc2-c2ccc(N(c3ccc(-c4ccccc4)cc3)c3ccc4c(c3)-c3ccccc3-c3ccccc3N4c3ccccc3)cc21. The molecule has 1 heterocycles. The lowest BCUT2D eigenvalue weighted by molar-refractivity contribution is 0.660. The highest BCUT2D eigenvalue weighted by molar-refractivity contribution is 6.03. The maximum absolute atomic E-state index is 2.43. The van der Waals surface area contributed by atoms with Gasteiger partial charge in [0.15, 0.2) is 0 Å². The van der Waals surface area contributed by atoms with Crippen molar-refractivity contribution >= 4 is 34.1 Å². The van der Waals surface area contributed by atoms with Gasteiger partial charge in [0.05, 0.1) is 11.4 Å². The average Bonchev–Trinajstić information content (AvgIpc) is 3.37. The number of para-hydroxylation sites is 2. The summed E-state index contributed by atoms with van der Waals surface area (Å²) in [7, 11) is 0. The van der Waals surface area contributed by atoms with Crippen molar-refractivity contribution in [2.24, 2.45) is 0 Å². The van der Waals surface area contributed by atoms with E-state index in [1.165, 1.54) is 61.3 Å². The van der Waals surface area contributed by atoms with Crippen LogP contribution in [0, 0.1) is 0 Å². The molecule has 0 unspecified atom stereocenters. The third kappa shape index (κ3) is 5.02. The van der Waals surface area contributed by atoms with E-state index in [0.29, 0.717) is 0 Å². The van der Waals surface area contributed by atoms with E-state index in [1.54, 1.807) is 0 Å². The molecular weight excluding hydrogens is 641 g/mol. The summed E-state index contributed by atoms with van der Waals surface area (Å²) < 4.78 is 0. The van der Waals surface area contributed by atoms with Crippen LogP contribution in [0.25, 0.3) is 44.5 Å². The second kappa shape index (κ2) is 12.3. The standard InChI is InChI=1S/C51H38N2/c1-51(2)47-23-13-11-21-43(47)44-31-29-40(34-48(44)51)52(38-27-25-36(26-28-38)35-15-5-3-6-16-35)39-30-32-50-46(33-39)42-20-10-9-19-41(42)45-22-12-14-24-49(45)53(50)37-17-7-4-8-18-37/h3-34H,1-2H3. The Kier molecular flexibility index (Phi) is 7.19. The Hall–Kier alpha value is -6.64. The van der Waals surface area contributed by atoms with Gasteiger partial charge in [0.2, 0.25) is 0 Å². The van der Waals surface area contributed by atoms with Gasteiger partial charge in [-0.2, -0.15) is 0 Å². The first-order valence-corrected chi connectivity index (χ1v) is 18.4. The number of hydrogen-bond acceptors (Lipinski definition) is 2. The Balaban J connectivity index is 1.19. The van der Waals surface area contributed by atoms with Gasteiger partial charge in [-0.15, -0.1) is 0 Å². The van der Waals surface area contributed by atoms with Gasteiger partial charge in [-0.1, -0.05) is 147 Å². The lowest BCUT2D eigenvalue weighted by atomic mass is 9.82. The fourth-order valence-electron chi connectivity index (χ4n) is 8.62. The molecule has 0 radical (unpaired) electrons. The first kappa shape index (κ1) is 31.1. The van der Waals surface area contributed by atoms with Crippen LogP contribution in [0.15, 0.2) is 194 Å². The van der Waals surface area contributed by atoms with E-state index >= 15 is 0 Å². The molecule has 2 aliphatic rings. The van der Waals surface area contributed by atoms with Crippen LogP contribution in [-0.4, -0.2) is 0 Å². The minimum Gasteiger partial charge on any atom is -0.310 e. The van der Waals surface area contributed by atoms with Gasteiger partial charge in [-0.25, -0.2) is 0 Å². The summed E-state index contributed by atoms with van der Waals surface area (Å²) >= 11 is 0. The highest BCUT2D eigenvalue weighted by atomic mass is 15.2. The number of fused-ring (bicyclic) bond motifs is 8. The molecule has 252 valence electrons. The molecule has 0 aromatic heterocycles. The molecule has 0 N–H and O–H groups in total. The number of hydrogen-bond donors (Lipinski definition) is 0. The zero-order valence-electron chi connectivity index (χ0n) is 29.9. The minimum atomic E-state index is -0.112. The lowest BCUT2D eigenvalue weighted by Gasteiger charge is -2.31. The van der Waals surface area contributed by atoms with Crippen molar-refractivity contribution in [3.05, 3.63) is 205 Å². The van der Waals surface area contributed by atoms with Gasteiger partial charge < -0.3 is 9.80 Å². The van der Waals surface area contributed by atoms with Crippen molar-refractivity contribution in [2.75, 3.05) is 9.80 Å². The van der Waals surface area contributed by atoms with Crippen LogP contribution in [0.5, 0.6) is 0 Å². The molecule has 0 saturated carbocycles. The fraction of sp³-hybridized carbons (Fsp3) is 0.0588. The summed E-state index contributed by atoms with van der Waals surface area (Å²) in [5.74, 6) is 0. The summed E-state index contributed by atoms with van der Waals surface area (Å²) in [4.78, 5) is 4.85. The summed E-state index contributed by atoms with van der Waals surface area (Å²) in [6.45, 7) is 4.71. The van der Waals surface area contributed by atoms with Crippen molar-refractivity contribution in [3.8, 4) is 44.5 Å². The van der Waals surface area contributed by atoms with Crippen molar-refractivity contribution in [1.82, 2.24) is 0 Å². The number of benzene rings is 8. The molecule has 0 bridgehead atoms. The zero-order valence-corrected chi connectivity index (χ0v) is 29.9. The van der Waals surface area contributed by atoms with Crippen LogP contribution in [0.1, 0.15) is 25.0 Å². The smallest absolute Gasteiger partial charge is 0.0542 e. The molecule has 2 nitrogen and oxygen atoms in total.